The van der Waals surface area contributed by atoms with Gasteiger partial charge < -0.3 is 9.47 Å². The largest absolute Gasteiger partial charge is 0.419 e. The zero-order valence-electron chi connectivity index (χ0n) is 13.0. The zero-order valence-corrected chi connectivity index (χ0v) is 14.0. The summed E-state index contributed by atoms with van der Waals surface area (Å²) in [4.78, 5) is 23.7. The molecule has 2 rings (SSSR count). The number of esters is 2. The molecule has 1 aromatic rings. The second-order valence-electron chi connectivity index (χ2n) is 6.61. The second kappa shape index (κ2) is 5.15. The van der Waals surface area contributed by atoms with Gasteiger partial charge in [0, 0.05) is 13.8 Å². The van der Waals surface area contributed by atoms with Crippen LogP contribution in [0.5, 0.6) is 0 Å². The van der Waals surface area contributed by atoms with Crippen LogP contribution >= 0.6 is 0 Å². The van der Waals surface area contributed by atoms with E-state index in [-0.39, 0.29) is 5.57 Å². The minimum absolute atomic E-state index is 0.0740. The Kier molecular flexibility index (Phi) is 3.80. The maximum atomic E-state index is 11.9. The fourth-order valence-corrected chi connectivity index (χ4v) is 3.19. The molecular weight excluding hydrogens is 284 g/mol. The Morgan fingerprint density at radius 2 is 1.43 bits per heavy atom. The fraction of sp³-hybridized carbons (Fsp3) is 0.375. The van der Waals surface area contributed by atoms with Crippen molar-refractivity contribution in [3.63, 3.8) is 0 Å². The van der Waals surface area contributed by atoms with E-state index in [1.807, 2.05) is 24.3 Å². The Bertz CT molecular complexity index is 584. The van der Waals surface area contributed by atoms with Crippen LogP contribution in [-0.4, -0.2) is 25.8 Å². The highest BCUT2D eigenvalue weighted by Crippen LogP contribution is 2.24. The minimum Gasteiger partial charge on any atom is -0.419 e. The van der Waals surface area contributed by atoms with E-state index in [2.05, 4.69) is 19.6 Å². The molecule has 0 radical (unpaired) electrons. The summed E-state index contributed by atoms with van der Waals surface area (Å²) < 4.78 is 10.1. The third-order valence-electron chi connectivity index (χ3n) is 3.20. The van der Waals surface area contributed by atoms with Gasteiger partial charge in [0.05, 0.1) is 8.07 Å². The second-order valence-corrected chi connectivity index (χ2v) is 11.7. The van der Waals surface area contributed by atoms with Crippen molar-refractivity contribution < 1.29 is 19.1 Å². The van der Waals surface area contributed by atoms with Gasteiger partial charge in [-0.25, -0.2) is 9.59 Å². The molecule has 0 unspecified atom stereocenters. The minimum atomic E-state index is -1.36. The Balaban J connectivity index is 2.28. The predicted molar refractivity (Wildman–Crippen MR) is 83.7 cm³/mol. The van der Waals surface area contributed by atoms with Crippen LogP contribution in [0.3, 0.4) is 0 Å². The lowest BCUT2D eigenvalue weighted by Gasteiger charge is -2.29. The van der Waals surface area contributed by atoms with Gasteiger partial charge in [0.25, 0.3) is 5.79 Å². The molecule has 0 bridgehead atoms. The highest BCUT2D eigenvalue weighted by Gasteiger charge is 2.38. The lowest BCUT2D eigenvalue weighted by atomic mass is 10.1. The molecule has 0 spiro atoms. The van der Waals surface area contributed by atoms with Crippen LogP contribution in [-0.2, 0) is 19.1 Å². The first kappa shape index (κ1) is 15.5. The molecule has 1 fully saturated rings. The number of cyclic esters (lactones) is 2. The molecule has 0 amide bonds. The van der Waals surface area contributed by atoms with Crippen LogP contribution in [0.15, 0.2) is 29.8 Å². The number of carbonyl (C=O) groups is 2. The summed E-state index contributed by atoms with van der Waals surface area (Å²) in [6, 6.07) is 7.89. The maximum Gasteiger partial charge on any atom is 0.348 e. The molecule has 0 saturated carbocycles. The van der Waals surface area contributed by atoms with Crippen LogP contribution < -0.4 is 5.19 Å². The van der Waals surface area contributed by atoms with E-state index in [0.29, 0.717) is 0 Å². The van der Waals surface area contributed by atoms with Crippen molar-refractivity contribution in [1.82, 2.24) is 0 Å². The van der Waals surface area contributed by atoms with Gasteiger partial charge in [0.2, 0.25) is 0 Å². The van der Waals surface area contributed by atoms with Crippen molar-refractivity contribution in [1.29, 1.82) is 0 Å². The van der Waals surface area contributed by atoms with E-state index in [9.17, 15) is 9.59 Å². The van der Waals surface area contributed by atoms with E-state index in [0.717, 1.165) is 5.56 Å². The first-order chi connectivity index (χ1) is 9.58. The standard InChI is InChI=1S/C16H20O4Si/c1-16(2)19-14(17)13(15(18)20-16)10-11-6-8-12(9-7-11)21(3,4)5/h6-10H,1-5H3. The monoisotopic (exact) mass is 304 g/mol. The van der Waals surface area contributed by atoms with E-state index >= 15 is 0 Å². The van der Waals surface area contributed by atoms with Gasteiger partial charge in [-0.15, -0.1) is 0 Å². The molecule has 4 nitrogen and oxygen atoms in total. The molecule has 0 atom stereocenters. The lowest BCUT2D eigenvalue weighted by Crippen LogP contribution is -2.41. The van der Waals surface area contributed by atoms with E-state index in [1.165, 1.54) is 25.1 Å². The molecule has 1 aromatic carbocycles. The zero-order chi connectivity index (χ0) is 15.8. The summed E-state index contributed by atoms with van der Waals surface area (Å²) >= 11 is 0. The molecule has 0 aliphatic carbocycles. The van der Waals surface area contributed by atoms with Gasteiger partial charge in [-0.3, -0.25) is 0 Å². The van der Waals surface area contributed by atoms with Crippen LogP contribution in [0.2, 0.25) is 19.6 Å². The highest BCUT2D eigenvalue weighted by atomic mass is 28.3. The molecule has 0 N–H and O–H groups in total. The summed E-state index contributed by atoms with van der Waals surface area (Å²) in [5.41, 5.74) is 0.704. The van der Waals surface area contributed by atoms with Crippen molar-refractivity contribution in [2.24, 2.45) is 0 Å². The Morgan fingerprint density at radius 1 is 0.952 bits per heavy atom. The predicted octanol–water partition coefficient (Wildman–Crippen LogP) is 2.45. The van der Waals surface area contributed by atoms with Crippen molar-refractivity contribution in [3.8, 4) is 0 Å². The Morgan fingerprint density at radius 3 is 1.86 bits per heavy atom. The van der Waals surface area contributed by atoms with Crippen LogP contribution in [0.1, 0.15) is 19.4 Å². The van der Waals surface area contributed by atoms with Crippen LogP contribution in [0, 0.1) is 0 Å². The van der Waals surface area contributed by atoms with Crippen molar-refractivity contribution in [3.05, 3.63) is 35.4 Å². The molecule has 112 valence electrons. The van der Waals surface area contributed by atoms with Crippen molar-refractivity contribution in [2.75, 3.05) is 0 Å². The van der Waals surface area contributed by atoms with Crippen LogP contribution in [0.25, 0.3) is 6.08 Å². The summed E-state index contributed by atoms with van der Waals surface area (Å²) in [5, 5.41) is 1.32. The molecule has 21 heavy (non-hydrogen) atoms. The van der Waals surface area contributed by atoms with Gasteiger partial charge in [-0.1, -0.05) is 49.1 Å². The average molecular weight is 304 g/mol. The number of benzene rings is 1. The van der Waals surface area contributed by atoms with E-state index in [4.69, 9.17) is 9.47 Å². The first-order valence-electron chi connectivity index (χ1n) is 6.87. The molecule has 5 heteroatoms. The third kappa shape index (κ3) is 3.61. The normalized spacial score (nSPS) is 18.0. The average Bonchev–Trinajstić information content (AvgIpc) is 2.32. The molecule has 0 aromatic heterocycles. The molecule has 1 aliphatic heterocycles. The molecular formula is C16H20O4Si. The third-order valence-corrected chi connectivity index (χ3v) is 5.27. The van der Waals surface area contributed by atoms with E-state index in [1.54, 1.807) is 0 Å². The number of carbonyl (C=O) groups excluding carboxylic acids is 2. The Labute approximate surface area is 125 Å². The van der Waals surface area contributed by atoms with Crippen LogP contribution in [0.4, 0.5) is 0 Å². The fourth-order valence-electron chi connectivity index (χ4n) is 2.02. The van der Waals surface area contributed by atoms with E-state index < -0.39 is 25.8 Å². The maximum absolute atomic E-state index is 11.9. The summed E-state index contributed by atoms with van der Waals surface area (Å²) in [7, 11) is -1.36. The topological polar surface area (TPSA) is 52.6 Å². The number of hydrogen-bond donors (Lipinski definition) is 0. The summed E-state index contributed by atoms with van der Waals surface area (Å²) in [6.07, 6.45) is 1.51. The lowest BCUT2D eigenvalue weighted by molar-refractivity contribution is -0.222. The summed E-state index contributed by atoms with van der Waals surface area (Å²) in [5.74, 6) is -2.50. The molecule has 1 heterocycles. The number of rotatable bonds is 2. The van der Waals surface area contributed by atoms with Crippen molar-refractivity contribution >= 4 is 31.3 Å². The Hall–Kier alpha value is -1.88. The number of hydrogen-bond acceptors (Lipinski definition) is 4. The quantitative estimate of drug-likeness (QED) is 0.364. The summed E-state index contributed by atoms with van der Waals surface area (Å²) in [6.45, 7) is 9.85. The SMILES string of the molecule is CC1(C)OC(=O)C(=Cc2ccc([Si](C)(C)C)cc2)C(=O)O1. The van der Waals surface area contributed by atoms with Gasteiger partial charge >= 0.3 is 11.9 Å². The van der Waals surface area contributed by atoms with Crippen molar-refractivity contribution in [2.45, 2.75) is 39.3 Å². The van der Waals surface area contributed by atoms with Gasteiger partial charge in [0.1, 0.15) is 5.57 Å². The number of ether oxygens (including phenoxy) is 2. The highest BCUT2D eigenvalue weighted by molar-refractivity contribution is 6.88. The molecule has 1 saturated heterocycles. The molecule has 1 aliphatic rings. The van der Waals surface area contributed by atoms with Gasteiger partial charge in [-0.05, 0) is 11.6 Å². The first-order valence-corrected chi connectivity index (χ1v) is 10.4. The smallest absolute Gasteiger partial charge is 0.348 e. The van der Waals surface area contributed by atoms with Gasteiger partial charge in [-0.2, -0.15) is 0 Å². The van der Waals surface area contributed by atoms with Gasteiger partial charge in [0.15, 0.2) is 0 Å².